The van der Waals surface area contributed by atoms with E-state index in [0.717, 1.165) is 30.2 Å². The lowest BCUT2D eigenvalue weighted by molar-refractivity contribution is 0.0729. The van der Waals surface area contributed by atoms with Crippen LogP contribution in [0.4, 0.5) is 0 Å². The van der Waals surface area contributed by atoms with Crippen molar-refractivity contribution in [3.8, 4) is 0 Å². The summed E-state index contributed by atoms with van der Waals surface area (Å²) in [6.07, 6.45) is 8.00. The first kappa shape index (κ1) is 22.6. The van der Waals surface area contributed by atoms with Crippen molar-refractivity contribution in [1.82, 2.24) is 14.5 Å². The zero-order chi connectivity index (χ0) is 21.7. The number of hydrogen-bond acceptors (Lipinski definition) is 4. The van der Waals surface area contributed by atoms with Gasteiger partial charge in [-0.15, -0.1) is 0 Å². The van der Waals surface area contributed by atoms with Gasteiger partial charge in [-0.2, -0.15) is 4.31 Å². The highest BCUT2D eigenvalue weighted by Gasteiger charge is 2.39. The van der Waals surface area contributed by atoms with Crippen LogP contribution >= 0.6 is 0 Å². The fraction of sp³-hybridized carbons (Fsp3) is 0.696. The number of nitrogens with zero attached hydrogens (tertiary/aromatic N) is 3. The van der Waals surface area contributed by atoms with Gasteiger partial charge in [0.15, 0.2) is 5.96 Å². The van der Waals surface area contributed by atoms with E-state index in [4.69, 9.17) is 4.74 Å². The molecule has 0 bridgehead atoms. The highest BCUT2D eigenvalue weighted by molar-refractivity contribution is 7.88. The van der Waals surface area contributed by atoms with E-state index < -0.39 is 10.0 Å². The van der Waals surface area contributed by atoms with E-state index >= 15 is 0 Å². The second-order valence-corrected chi connectivity index (χ2v) is 11.1. The smallest absolute Gasteiger partial charge is 0.218 e. The van der Waals surface area contributed by atoms with Crippen LogP contribution in [0.15, 0.2) is 29.3 Å². The molecular formula is C23H36N4O3S. The first-order chi connectivity index (χ1) is 15.0. The van der Waals surface area contributed by atoms with Crippen molar-refractivity contribution in [2.45, 2.75) is 50.8 Å². The molecule has 1 N–H and O–H groups in total. The molecule has 7 nitrogen and oxygen atoms in total. The fourth-order valence-corrected chi connectivity index (χ4v) is 6.88. The van der Waals surface area contributed by atoms with E-state index in [0.29, 0.717) is 38.3 Å². The average Bonchev–Trinajstić information content (AvgIpc) is 3.19. The van der Waals surface area contributed by atoms with E-state index in [9.17, 15) is 8.42 Å². The lowest BCUT2D eigenvalue weighted by Crippen LogP contribution is -2.42. The topological polar surface area (TPSA) is 74.2 Å². The Bertz CT molecular complexity index is 875. The summed E-state index contributed by atoms with van der Waals surface area (Å²) < 4.78 is 32.7. The molecule has 3 aliphatic rings. The summed E-state index contributed by atoms with van der Waals surface area (Å²) >= 11 is 0. The predicted molar refractivity (Wildman–Crippen MR) is 123 cm³/mol. The molecule has 172 valence electrons. The Hall–Kier alpha value is -1.64. The third-order valence-corrected chi connectivity index (χ3v) is 8.95. The van der Waals surface area contributed by atoms with E-state index in [2.05, 4.69) is 15.2 Å². The predicted octanol–water partition coefficient (Wildman–Crippen LogP) is 2.58. The maximum absolute atomic E-state index is 12.9. The lowest BCUT2D eigenvalue weighted by atomic mass is 9.73. The maximum atomic E-state index is 12.9. The van der Waals surface area contributed by atoms with Crippen molar-refractivity contribution in [2.75, 3.05) is 46.4 Å². The number of guanidine groups is 1. The zero-order valence-electron chi connectivity index (χ0n) is 18.7. The molecule has 3 fully saturated rings. The molecule has 2 heterocycles. The first-order valence-corrected chi connectivity index (χ1v) is 13.2. The molecule has 1 aromatic rings. The number of aliphatic imine (C=N–C) groups is 1. The summed E-state index contributed by atoms with van der Waals surface area (Å²) in [6.45, 7) is 4.52. The minimum atomic E-state index is -3.35. The number of morpholine rings is 1. The van der Waals surface area contributed by atoms with Gasteiger partial charge in [-0.1, -0.05) is 43.5 Å². The molecule has 4 rings (SSSR count). The van der Waals surface area contributed by atoms with E-state index in [1.165, 1.54) is 38.5 Å². The molecule has 0 amide bonds. The Balaban J connectivity index is 1.39. The monoisotopic (exact) mass is 448 g/mol. The van der Waals surface area contributed by atoms with Gasteiger partial charge in [-0.05, 0) is 35.8 Å². The lowest BCUT2D eigenvalue weighted by Gasteiger charge is -2.33. The highest BCUT2D eigenvalue weighted by atomic mass is 32.2. The molecule has 2 saturated heterocycles. The molecule has 1 aromatic carbocycles. The van der Waals surface area contributed by atoms with Crippen LogP contribution in [0, 0.1) is 5.41 Å². The van der Waals surface area contributed by atoms with E-state index in [1.54, 1.807) is 4.31 Å². The summed E-state index contributed by atoms with van der Waals surface area (Å²) in [5.74, 6) is 0.948. The number of likely N-dealkylation sites (tertiary alicyclic amines) is 1. The van der Waals surface area contributed by atoms with Crippen LogP contribution in [0.2, 0.25) is 0 Å². The van der Waals surface area contributed by atoms with Gasteiger partial charge in [0.25, 0.3) is 0 Å². The van der Waals surface area contributed by atoms with Crippen LogP contribution in [-0.4, -0.2) is 70.0 Å². The number of sulfonamides is 1. The highest BCUT2D eigenvalue weighted by Crippen LogP contribution is 2.43. The largest absolute Gasteiger partial charge is 0.379 e. The number of hydrogen-bond donors (Lipinski definition) is 1. The third kappa shape index (κ3) is 5.41. The quantitative estimate of drug-likeness (QED) is 0.554. The number of rotatable bonds is 5. The van der Waals surface area contributed by atoms with Crippen LogP contribution in [0.25, 0.3) is 0 Å². The molecule has 1 aliphatic carbocycles. The number of nitrogens with one attached hydrogen (secondary N) is 1. The van der Waals surface area contributed by atoms with Gasteiger partial charge in [0.05, 0.1) is 19.0 Å². The fourth-order valence-electron chi connectivity index (χ4n) is 5.32. The van der Waals surface area contributed by atoms with Crippen molar-refractivity contribution >= 4 is 16.0 Å². The van der Waals surface area contributed by atoms with Crippen LogP contribution in [0.5, 0.6) is 0 Å². The van der Waals surface area contributed by atoms with Gasteiger partial charge < -0.3 is 15.0 Å². The van der Waals surface area contributed by atoms with Crippen molar-refractivity contribution in [2.24, 2.45) is 10.4 Å². The van der Waals surface area contributed by atoms with Crippen LogP contribution in [-0.2, 0) is 27.1 Å². The maximum Gasteiger partial charge on any atom is 0.218 e. The minimum absolute atomic E-state index is 0.0241. The van der Waals surface area contributed by atoms with Crippen molar-refractivity contribution in [1.29, 1.82) is 0 Å². The normalized spacial score (nSPS) is 22.7. The van der Waals surface area contributed by atoms with Gasteiger partial charge in [0, 0.05) is 39.8 Å². The Kier molecular flexibility index (Phi) is 7.19. The van der Waals surface area contributed by atoms with Gasteiger partial charge in [0.2, 0.25) is 10.0 Å². The minimum Gasteiger partial charge on any atom is -0.379 e. The van der Waals surface area contributed by atoms with Crippen LogP contribution in [0.1, 0.15) is 49.7 Å². The molecule has 31 heavy (non-hydrogen) atoms. The SMILES string of the molecule is CN=C(NCc1ccccc1CS(=O)(=O)N1CCOCC1)N1CCC2(CCCCC2)C1. The van der Waals surface area contributed by atoms with Crippen molar-refractivity contribution < 1.29 is 13.2 Å². The van der Waals surface area contributed by atoms with Gasteiger partial charge >= 0.3 is 0 Å². The Morgan fingerprint density at radius 2 is 1.77 bits per heavy atom. The molecule has 1 spiro atoms. The zero-order valence-corrected chi connectivity index (χ0v) is 19.5. The Morgan fingerprint density at radius 1 is 1.06 bits per heavy atom. The molecule has 0 unspecified atom stereocenters. The second kappa shape index (κ2) is 9.88. The summed E-state index contributed by atoms with van der Waals surface area (Å²) in [5.41, 5.74) is 2.33. The van der Waals surface area contributed by atoms with E-state index in [1.807, 2.05) is 31.3 Å². The van der Waals surface area contributed by atoms with Crippen molar-refractivity contribution in [3.63, 3.8) is 0 Å². The first-order valence-electron chi connectivity index (χ1n) is 11.6. The summed E-state index contributed by atoms with van der Waals surface area (Å²) in [7, 11) is -1.52. The standard InChI is InChI=1S/C23H36N4O3S/c1-24-22(26-12-11-23(19-26)9-5-2-6-10-23)25-17-20-7-3-4-8-21(20)18-31(28,29)27-13-15-30-16-14-27/h3-4,7-8H,2,5-6,9-19H2,1H3,(H,24,25). The summed E-state index contributed by atoms with van der Waals surface area (Å²) in [4.78, 5) is 6.92. The summed E-state index contributed by atoms with van der Waals surface area (Å²) in [6, 6.07) is 7.81. The molecule has 0 atom stereocenters. The second-order valence-electron chi connectivity index (χ2n) is 9.17. The molecule has 1 saturated carbocycles. The molecule has 2 aliphatic heterocycles. The van der Waals surface area contributed by atoms with Gasteiger partial charge in [-0.25, -0.2) is 8.42 Å². The molecule has 0 aromatic heterocycles. The van der Waals surface area contributed by atoms with Crippen molar-refractivity contribution in [3.05, 3.63) is 35.4 Å². The number of benzene rings is 1. The average molecular weight is 449 g/mol. The van der Waals surface area contributed by atoms with Gasteiger partial charge in [-0.3, -0.25) is 4.99 Å². The third-order valence-electron chi connectivity index (χ3n) is 7.12. The Morgan fingerprint density at radius 3 is 2.48 bits per heavy atom. The van der Waals surface area contributed by atoms with E-state index in [-0.39, 0.29) is 5.75 Å². The Labute approximate surface area is 186 Å². The molecule has 0 radical (unpaired) electrons. The molecule has 8 heteroatoms. The van der Waals surface area contributed by atoms with Crippen LogP contribution in [0.3, 0.4) is 0 Å². The van der Waals surface area contributed by atoms with Crippen LogP contribution < -0.4 is 5.32 Å². The molecular weight excluding hydrogens is 412 g/mol. The number of ether oxygens (including phenoxy) is 1. The summed E-state index contributed by atoms with van der Waals surface area (Å²) in [5, 5.41) is 3.50. The van der Waals surface area contributed by atoms with Gasteiger partial charge in [0.1, 0.15) is 0 Å².